The van der Waals surface area contributed by atoms with Crippen LogP contribution in [0.4, 0.5) is 0 Å². The molecule has 0 aliphatic carbocycles. The zero-order valence-corrected chi connectivity index (χ0v) is 13.8. The number of thiophene rings is 1. The highest BCUT2D eigenvalue weighted by Gasteiger charge is 2.20. The third kappa shape index (κ3) is 2.38. The van der Waals surface area contributed by atoms with Crippen LogP contribution in [0.25, 0.3) is 0 Å². The topological polar surface area (TPSA) is 36.0 Å². The largest absolute Gasteiger partial charge is 0.381 e. The van der Waals surface area contributed by atoms with Gasteiger partial charge in [-0.2, -0.15) is 0 Å². The van der Waals surface area contributed by atoms with E-state index in [4.69, 9.17) is 0 Å². The molecular formula is C12H13Br2NOS. The minimum Gasteiger partial charge on any atom is -0.381 e. The number of aromatic amines is 1. The van der Waals surface area contributed by atoms with Gasteiger partial charge in [-0.15, -0.1) is 11.3 Å². The Hall–Kier alpha value is -0.100. The molecule has 2 nitrogen and oxygen atoms in total. The Kier molecular flexibility index (Phi) is 3.83. The number of aliphatic hydroxyl groups excluding tert-OH is 1. The number of rotatable bonds is 2. The molecule has 0 aliphatic rings. The summed E-state index contributed by atoms with van der Waals surface area (Å²) in [7, 11) is 0. The molecule has 5 heteroatoms. The lowest BCUT2D eigenvalue weighted by Gasteiger charge is -2.08. The first kappa shape index (κ1) is 13.3. The summed E-state index contributed by atoms with van der Waals surface area (Å²) in [5.41, 5.74) is 4.36. The highest BCUT2D eigenvalue weighted by Crippen LogP contribution is 2.38. The molecule has 0 spiro atoms. The lowest BCUT2D eigenvalue weighted by Crippen LogP contribution is -1.99. The van der Waals surface area contributed by atoms with E-state index < -0.39 is 6.10 Å². The molecule has 0 radical (unpaired) electrons. The van der Waals surface area contributed by atoms with E-state index in [1.807, 2.05) is 19.9 Å². The second-order valence-corrected chi connectivity index (χ2v) is 7.34. The van der Waals surface area contributed by atoms with E-state index in [1.54, 1.807) is 11.3 Å². The lowest BCUT2D eigenvalue weighted by atomic mass is 10.1. The van der Waals surface area contributed by atoms with Gasteiger partial charge in [0, 0.05) is 15.0 Å². The zero-order chi connectivity index (χ0) is 12.7. The molecule has 0 aliphatic heterocycles. The monoisotopic (exact) mass is 377 g/mol. The molecule has 0 fully saturated rings. The predicted molar refractivity (Wildman–Crippen MR) is 78.8 cm³/mol. The summed E-state index contributed by atoms with van der Waals surface area (Å²) in [5.74, 6) is 0. The molecule has 2 aromatic rings. The van der Waals surface area contributed by atoms with E-state index in [-0.39, 0.29) is 0 Å². The maximum absolute atomic E-state index is 10.4. The van der Waals surface area contributed by atoms with Gasteiger partial charge in [0.15, 0.2) is 0 Å². The van der Waals surface area contributed by atoms with Crippen LogP contribution in [0.5, 0.6) is 0 Å². The normalized spacial score (nSPS) is 13.1. The van der Waals surface area contributed by atoms with Crippen molar-refractivity contribution < 1.29 is 5.11 Å². The molecule has 1 atom stereocenters. The first-order valence-corrected chi connectivity index (χ1v) is 7.60. The van der Waals surface area contributed by atoms with Crippen molar-refractivity contribution in [1.29, 1.82) is 0 Å². The molecular weight excluding hydrogens is 366 g/mol. The average molecular weight is 379 g/mol. The second kappa shape index (κ2) is 4.88. The highest BCUT2D eigenvalue weighted by molar-refractivity contribution is 9.13. The summed E-state index contributed by atoms with van der Waals surface area (Å²) in [6.45, 7) is 6.13. The molecule has 0 amide bonds. The van der Waals surface area contributed by atoms with Crippen LogP contribution >= 0.6 is 43.2 Å². The van der Waals surface area contributed by atoms with Crippen molar-refractivity contribution in [3.05, 3.63) is 41.7 Å². The average Bonchev–Trinajstić information content (AvgIpc) is 2.74. The molecule has 92 valence electrons. The fourth-order valence-corrected chi connectivity index (χ4v) is 3.87. The van der Waals surface area contributed by atoms with Crippen molar-refractivity contribution in [2.75, 3.05) is 0 Å². The number of aryl methyl sites for hydroxylation is 1. The highest BCUT2D eigenvalue weighted by atomic mass is 79.9. The number of H-pyrrole nitrogens is 1. The summed E-state index contributed by atoms with van der Waals surface area (Å²) < 4.78 is 1.98. The van der Waals surface area contributed by atoms with Crippen molar-refractivity contribution in [2.24, 2.45) is 0 Å². The minimum atomic E-state index is -0.588. The van der Waals surface area contributed by atoms with Crippen LogP contribution in [-0.2, 0) is 0 Å². The van der Waals surface area contributed by atoms with E-state index in [2.05, 4.69) is 43.8 Å². The quantitative estimate of drug-likeness (QED) is 0.786. The predicted octanol–water partition coefficient (Wildman–Crippen LogP) is 4.61. The number of aliphatic hydroxyl groups is 1. The van der Waals surface area contributed by atoms with Crippen LogP contribution in [0, 0.1) is 20.8 Å². The van der Waals surface area contributed by atoms with Gasteiger partial charge >= 0.3 is 0 Å². The molecule has 0 bridgehead atoms. The third-order valence-electron chi connectivity index (χ3n) is 3.06. The van der Waals surface area contributed by atoms with Crippen LogP contribution in [0.1, 0.15) is 33.5 Å². The molecule has 0 saturated carbocycles. The molecule has 0 saturated heterocycles. The fraction of sp³-hybridized carbons (Fsp3) is 0.333. The van der Waals surface area contributed by atoms with E-state index in [9.17, 15) is 5.11 Å². The number of aromatic nitrogens is 1. The van der Waals surface area contributed by atoms with Gasteiger partial charge in [-0.3, -0.25) is 0 Å². The van der Waals surface area contributed by atoms with Gasteiger partial charge < -0.3 is 10.1 Å². The van der Waals surface area contributed by atoms with Gasteiger partial charge in [0.2, 0.25) is 0 Å². The van der Waals surface area contributed by atoms with Gasteiger partial charge in [0.25, 0.3) is 0 Å². The maximum atomic E-state index is 10.4. The van der Waals surface area contributed by atoms with E-state index in [0.29, 0.717) is 0 Å². The molecule has 2 aromatic heterocycles. The van der Waals surface area contributed by atoms with Gasteiger partial charge in [-0.25, -0.2) is 0 Å². The first-order chi connectivity index (χ1) is 7.91. The Balaban J connectivity index is 2.43. The Morgan fingerprint density at radius 1 is 1.24 bits per heavy atom. The van der Waals surface area contributed by atoms with Crippen molar-refractivity contribution in [3.63, 3.8) is 0 Å². The first-order valence-electron chi connectivity index (χ1n) is 5.20. The standard InChI is InChI=1S/C12H13Br2NOS/c1-5-6(2)10(15-7(5)3)11(16)9-4-8(13)12(14)17-9/h4,11,15-16H,1-3H3. The Bertz CT molecular complexity index is 540. The minimum absolute atomic E-state index is 0.588. The van der Waals surface area contributed by atoms with Crippen molar-refractivity contribution in [2.45, 2.75) is 26.9 Å². The van der Waals surface area contributed by atoms with Gasteiger partial charge in [0.05, 0.1) is 9.48 Å². The number of hydrogen-bond acceptors (Lipinski definition) is 2. The van der Waals surface area contributed by atoms with Crippen molar-refractivity contribution in [3.8, 4) is 0 Å². The number of nitrogens with one attached hydrogen (secondary N) is 1. The second-order valence-electron chi connectivity index (χ2n) is 4.09. The molecule has 2 rings (SSSR count). The Morgan fingerprint density at radius 2 is 1.88 bits per heavy atom. The molecule has 2 N–H and O–H groups in total. The third-order valence-corrected chi connectivity index (χ3v) is 6.37. The summed E-state index contributed by atoms with van der Waals surface area (Å²) in [6.07, 6.45) is -0.588. The number of hydrogen-bond donors (Lipinski definition) is 2. The molecule has 2 heterocycles. The summed E-state index contributed by atoms with van der Waals surface area (Å²) in [6, 6.07) is 1.95. The zero-order valence-electron chi connectivity index (χ0n) is 9.77. The Morgan fingerprint density at radius 3 is 2.29 bits per heavy atom. The summed E-state index contributed by atoms with van der Waals surface area (Å²) >= 11 is 8.42. The SMILES string of the molecule is Cc1[nH]c(C(O)c2cc(Br)c(Br)s2)c(C)c1C. The van der Waals surface area contributed by atoms with Crippen LogP contribution in [0.3, 0.4) is 0 Å². The molecule has 1 unspecified atom stereocenters. The maximum Gasteiger partial charge on any atom is 0.128 e. The van der Waals surface area contributed by atoms with Crippen LogP contribution in [0.15, 0.2) is 14.3 Å². The van der Waals surface area contributed by atoms with Gasteiger partial charge in [-0.05, 0) is 69.8 Å². The Labute approximate surface area is 121 Å². The smallest absolute Gasteiger partial charge is 0.128 e. The summed E-state index contributed by atoms with van der Waals surface area (Å²) in [5, 5.41) is 10.4. The number of halogens is 2. The fourth-order valence-electron chi connectivity index (χ4n) is 1.79. The van der Waals surface area contributed by atoms with E-state index in [0.717, 1.165) is 30.1 Å². The van der Waals surface area contributed by atoms with Crippen LogP contribution in [0.2, 0.25) is 0 Å². The van der Waals surface area contributed by atoms with Gasteiger partial charge in [0.1, 0.15) is 6.10 Å². The molecule has 17 heavy (non-hydrogen) atoms. The van der Waals surface area contributed by atoms with Gasteiger partial charge in [-0.1, -0.05) is 0 Å². The van der Waals surface area contributed by atoms with Crippen molar-refractivity contribution in [1.82, 2.24) is 4.98 Å². The van der Waals surface area contributed by atoms with Crippen LogP contribution < -0.4 is 0 Å². The summed E-state index contributed by atoms with van der Waals surface area (Å²) in [4.78, 5) is 4.19. The van der Waals surface area contributed by atoms with E-state index in [1.165, 1.54) is 5.56 Å². The lowest BCUT2D eigenvalue weighted by molar-refractivity contribution is 0.219. The molecule has 0 aromatic carbocycles. The van der Waals surface area contributed by atoms with Crippen LogP contribution in [-0.4, -0.2) is 10.1 Å². The van der Waals surface area contributed by atoms with E-state index >= 15 is 0 Å². The van der Waals surface area contributed by atoms with Crippen molar-refractivity contribution >= 4 is 43.2 Å².